The first-order valence-electron chi connectivity index (χ1n) is 8.83. The van der Waals surface area contributed by atoms with Crippen molar-refractivity contribution in [3.63, 3.8) is 0 Å². The number of carbonyl (C=O) groups is 1. The van der Waals surface area contributed by atoms with Gasteiger partial charge in [-0.2, -0.15) is 0 Å². The fourth-order valence-corrected chi connectivity index (χ4v) is 2.91. The number of hydrogen-bond donors (Lipinski definition) is 2. The highest BCUT2D eigenvalue weighted by molar-refractivity contribution is 14.0. The Balaban J connectivity index is 0.00000261. The molecule has 1 aromatic carbocycles. The summed E-state index contributed by atoms with van der Waals surface area (Å²) in [5, 5.41) is 14.8. The number of carbonyl (C=O) groups excluding carboxylic acids is 1. The molecular formula is C18H26IN7O. The maximum Gasteiger partial charge on any atom is 0.229 e. The smallest absolute Gasteiger partial charge is 0.229 e. The summed E-state index contributed by atoms with van der Waals surface area (Å²) < 4.78 is 1.92. The minimum atomic E-state index is 0. The number of halogens is 1. The number of aromatic nitrogens is 3. The van der Waals surface area contributed by atoms with Crippen LogP contribution in [0.15, 0.2) is 35.3 Å². The summed E-state index contributed by atoms with van der Waals surface area (Å²) in [6, 6.07) is 9.76. The molecule has 1 amide bonds. The first-order chi connectivity index (χ1) is 12.6. The van der Waals surface area contributed by atoms with Gasteiger partial charge in [-0.05, 0) is 26.0 Å². The first-order valence-corrected chi connectivity index (χ1v) is 8.83. The number of benzene rings is 1. The molecule has 0 aliphatic carbocycles. The van der Waals surface area contributed by atoms with Crippen molar-refractivity contribution in [3.8, 4) is 0 Å². The molecule has 0 bridgehead atoms. The van der Waals surface area contributed by atoms with E-state index in [0.717, 1.165) is 23.9 Å². The minimum Gasteiger partial charge on any atom is -0.357 e. The van der Waals surface area contributed by atoms with Crippen LogP contribution in [0.5, 0.6) is 0 Å². The summed E-state index contributed by atoms with van der Waals surface area (Å²) >= 11 is 0. The maximum atomic E-state index is 12.4. The van der Waals surface area contributed by atoms with E-state index < -0.39 is 0 Å². The van der Waals surface area contributed by atoms with Crippen LogP contribution in [-0.2, 0) is 18.4 Å². The lowest BCUT2D eigenvalue weighted by Crippen LogP contribution is -2.44. The predicted octanol–water partition coefficient (Wildman–Crippen LogP) is 1.60. The van der Waals surface area contributed by atoms with E-state index in [1.807, 2.05) is 60.7 Å². The molecule has 8 nitrogen and oxygen atoms in total. The fraction of sp³-hybridized carbons (Fsp3) is 0.444. The standard InChI is InChI=1S/C18H25N7O.HI/c1-4-19-18(20-11-16-23-22-13(2)24(16)3)21-14-10-17(26)25(12-14)15-8-6-5-7-9-15;/h5-9,14H,4,10-12H2,1-3H3,(H2,19,20,21);1H. The molecule has 3 rings (SSSR count). The van der Waals surface area contributed by atoms with Gasteiger partial charge in [0.25, 0.3) is 0 Å². The van der Waals surface area contributed by atoms with Gasteiger partial charge in [0.15, 0.2) is 11.8 Å². The second-order valence-electron chi connectivity index (χ2n) is 6.30. The largest absolute Gasteiger partial charge is 0.357 e. The van der Waals surface area contributed by atoms with Gasteiger partial charge in [-0.3, -0.25) is 4.79 Å². The van der Waals surface area contributed by atoms with Crippen LogP contribution >= 0.6 is 24.0 Å². The third kappa shape index (κ3) is 5.18. The quantitative estimate of drug-likeness (QED) is 0.384. The molecule has 1 saturated heterocycles. The number of para-hydroxylation sites is 1. The molecule has 1 aromatic heterocycles. The van der Waals surface area contributed by atoms with Gasteiger partial charge in [-0.15, -0.1) is 34.2 Å². The van der Waals surface area contributed by atoms with Gasteiger partial charge in [-0.1, -0.05) is 18.2 Å². The highest BCUT2D eigenvalue weighted by Crippen LogP contribution is 2.20. The number of anilines is 1. The number of amides is 1. The van der Waals surface area contributed by atoms with Gasteiger partial charge >= 0.3 is 0 Å². The average Bonchev–Trinajstić information content (AvgIpc) is 3.16. The Hall–Kier alpha value is -2.17. The van der Waals surface area contributed by atoms with Crippen molar-refractivity contribution >= 4 is 41.5 Å². The number of rotatable bonds is 5. The Labute approximate surface area is 176 Å². The van der Waals surface area contributed by atoms with Crippen LogP contribution in [0.4, 0.5) is 5.69 Å². The van der Waals surface area contributed by atoms with Crippen molar-refractivity contribution in [2.45, 2.75) is 32.9 Å². The van der Waals surface area contributed by atoms with Gasteiger partial charge in [-0.25, -0.2) is 4.99 Å². The lowest BCUT2D eigenvalue weighted by atomic mass is 10.2. The Morgan fingerprint density at radius 1 is 1.30 bits per heavy atom. The van der Waals surface area contributed by atoms with E-state index in [1.54, 1.807) is 0 Å². The molecule has 1 fully saturated rings. The van der Waals surface area contributed by atoms with Crippen LogP contribution < -0.4 is 15.5 Å². The van der Waals surface area contributed by atoms with Crippen LogP contribution in [0, 0.1) is 6.92 Å². The van der Waals surface area contributed by atoms with Crippen molar-refractivity contribution < 1.29 is 4.79 Å². The summed E-state index contributed by atoms with van der Waals surface area (Å²) in [5.41, 5.74) is 0.929. The number of nitrogens with one attached hydrogen (secondary N) is 2. The molecule has 2 N–H and O–H groups in total. The summed E-state index contributed by atoms with van der Waals surface area (Å²) in [6.07, 6.45) is 0.447. The first kappa shape index (κ1) is 21.1. The Bertz CT molecular complexity index is 790. The summed E-state index contributed by atoms with van der Waals surface area (Å²) in [4.78, 5) is 18.8. The number of hydrogen-bond acceptors (Lipinski definition) is 4. The molecule has 9 heteroatoms. The third-order valence-electron chi connectivity index (χ3n) is 4.44. The van der Waals surface area contributed by atoms with Crippen LogP contribution in [0.3, 0.4) is 0 Å². The second kappa shape index (κ2) is 9.67. The molecule has 0 radical (unpaired) electrons. The topological polar surface area (TPSA) is 87.4 Å². The lowest BCUT2D eigenvalue weighted by Gasteiger charge is -2.19. The van der Waals surface area contributed by atoms with E-state index in [-0.39, 0.29) is 35.9 Å². The van der Waals surface area contributed by atoms with Crippen molar-refractivity contribution in [1.29, 1.82) is 0 Å². The molecule has 1 unspecified atom stereocenters. The monoisotopic (exact) mass is 483 g/mol. The zero-order valence-corrected chi connectivity index (χ0v) is 18.2. The van der Waals surface area contributed by atoms with Crippen LogP contribution in [0.25, 0.3) is 0 Å². The number of guanidine groups is 1. The number of nitrogens with zero attached hydrogens (tertiary/aromatic N) is 5. The molecule has 2 aromatic rings. The number of aliphatic imine (C=N–C) groups is 1. The molecule has 0 saturated carbocycles. The molecule has 146 valence electrons. The van der Waals surface area contributed by atoms with Gasteiger partial charge in [0.1, 0.15) is 12.4 Å². The molecule has 2 heterocycles. The molecule has 1 aliphatic heterocycles. The molecule has 1 atom stereocenters. The highest BCUT2D eigenvalue weighted by atomic mass is 127. The fourth-order valence-electron chi connectivity index (χ4n) is 2.91. The van der Waals surface area contributed by atoms with Crippen molar-refractivity contribution in [3.05, 3.63) is 42.0 Å². The van der Waals surface area contributed by atoms with E-state index in [1.165, 1.54) is 0 Å². The zero-order valence-electron chi connectivity index (χ0n) is 15.8. The van der Waals surface area contributed by atoms with E-state index in [0.29, 0.717) is 25.5 Å². The zero-order chi connectivity index (χ0) is 18.5. The molecule has 0 spiro atoms. The van der Waals surface area contributed by atoms with Gasteiger partial charge in [0.2, 0.25) is 5.91 Å². The third-order valence-corrected chi connectivity index (χ3v) is 4.44. The average molecular weight is 483 g/mol. The molecular weight excluding hydrogens is 457 g/mol. The number of aryl methyl sites for hydroxylation is 1. The molecule has 1 aliphatic rings. The summed E-state index contributed by atoms with van der Waals surface area (Å²) in [7, 11) is 1.92. The second-order valence-corrected chi connectivity index (χ2v) is 6.30. The van der Waals surface area contributed by atoms with E-state index >= 15 is 0 Å². The maximum absolute atomic E-state index is 12.4. The van der Waals surface area contributed by atoms with Gasteiger partial charge in [0.05, 0.1) is 6.04 Å². The van der Waals surface area contributed by atoms with E-state index in [4.69, 9.17) is 0 Å². The van der Waals surface area contributed by atoms with Gasteiger partial charge < -0.3 is 20.1 Å². The minimum absolute atomic E-state index is 0. The molecule has 27 heavy (non-hydrogen) atoms. The lowest BCUT2D eigenvalue weighted by molar-refractivity contribution is -0.117. The Morgan fingerprint density at radius 2 is 2.04 bits per heavy atom. The normalized spacial score (nSPS) is 17.0. The highest BCUT2D eigenvalue weighted by Gasteiger charge is 2.31. The van der Waals surface area contributed by atoms with Crippen LogP contribution in [0.1, 0.15) is 25.0 Å². The summed E-state index contributed by atoms with van der Waals surface area (Å²) in [6.45, 7) is 5.71. The van der Waals surface area contributed by atoms with E-state index in [9.17, 15) is 4.79 Å². The van der Waals surface area contributed by atoms with E-state index in [2.05, 4.69) is 25.8 Å². The van der Waals surface area contributed by atoms with Crippen molar-refractivity contribution in [2.75, 3.05) is 18.0 Å². The predicted molar refractivity (Wildman–Crippen MR) is 116 cm³/mol. The van der Waals surface area contributed by atoms with Crippen molar-refractivity contribution in [1.82, 2.24) is 25.4 Å². The SMILES string of the molecule is CCNC(=NCc1nnc(C)n1C)NC1CC(=O)N(c2ccccc2)C1.I. The summed E-state index contributed by atoms with van der Waals surface area (Å²) in [5.74, 6) is 2.45. The van der Waals surface area contributed by atoms with Crippen LogP contribution in [-0.4, -0.2) is 45.8 Å². The van der Waals surface area contributed by atoms with Crippen molar-refractivity contribution in [2.24, 2.45) is 12.0 Å². The van der Waals surface area contributed by atoms with Crippen LogP contribution in [0.2, 0.25) is 0 Å². The Kier molecular flexibility index (Phi) is 7.57. The Morgan fingerprint density at radius 3 is 2.67 bits per heavy atom. The van der Waals surface area contributed by atoms with Gasteiger partial charge in [0, 0.05) is 32.2 Å².